The first-order valence-electron chi connectivity index (χ1n) is 20.6. The van der Waals surface area contributed by atoms with Crippen molar-refractivity contribution >= 4 is 52.3 Å². The van der Waals surface area contributed by atoms with E-state index in [9.17, 15) is 14.4 Å². The van der Waals surface area contributed by atoms with Crippen LogP contribution in [0.5, 0.6) is 11.5 Å². The molecule has 62 heavy (non-hydrogen) atoms. The molecule has 4 aliphatic heterocycles. The van der Waals surface area contributed by atoms with Gasteiger partial charge in [0.25, 0.3) is 0 Å². The first-order chi connectivity index (χ1) is 29.2. The summed E-state index contributed by atoms with van der Waals surface area (Å²) in [7, 11) is 6.55. The van der Waals surface area contributed by atoms with Crippen molar-refractivity contribution in [2.24, 2.45) is 21.8 Å². The van der Waals surface area contributed by atoms with Gasteiger partial charge in [-0.2, -0.15) is 0 Å². The molecule has 2 aromatic rings. The summed E-state index contributed by atoms with van der Waals surface area (Å²) >= 11 is 2.72. The van der Waals surface area contributed by atoms with E-state index in [0.717, 1.165) is 28.9 Å². The van der Waals surface area contributed by atoms with Crippen molar-refractivity contribution in [1.82, 2.24) is 9.80 Å². The van der Waals surface area contributed by atoms with Gasteiger partial charge < -0.3 is 42.7 Å². The second-order valence-corrected chi connectivity index (χ2v) is 19.5. The summed E-state index contributed by atoms with van der Waals surface area (Å²) in [5.41, 5.74) is 0.184. The number of rotatable bonds is 10. The molecule has 2 saturated heterocycles. The molecule has 6 rings (SSSR count). The van der Waals surface area contributed by atoms with Gasteiger partial charge in [0.1, 0.15) is 58.0 Å². The zero-order valence-electron chi connectivity index (χ0n) is 37.8. The molecular weight excluding hydrogens is 837 g/mol. The highest BCUT2D eigenvalue weighted by molar-refractivity contribution is 8.14. The van der Waals surface area contributed by atoms with Gasteiger partial charge >= 0.3 is 12.2 Å². The largest absolute Gasteiger partial charge is 0.497 e. The molecule has 0 spiro atoms. The first kappa shape index (κ1) is 48.9. The second kappa shape index (κ2) is 21.0. The van der Waals surface area contributed by atoms with Crippen LogP contribution >= 0.6 is 23.5 Å². The number of carbonyl (C=O) groups excluding carboxylic acids is 3. The number of fused-ring (bicyclic) bond motifs is 2. The Labute approximate surface area is 374 Å². The number of hydrogen-bond donors (Lipinski definition) is 0. The Morgan fingerprint density at radius 3 is 1.40 bits per heavy atom. The molecule has 4 aliphatic rings. The Hall–Kier alpha value is -4.13. The van der Waals surface area contributed by atoms with Crippen molar-refractivity contribution in [2.45, 2.75) is 127 Å². The Morgan fingerprint density at radius 1 is 0.694 bits per heavy atom. The number of carbonyl (C=O) groups is 3. The number of methoxy groups -OCH3 is 2. The topological polar surface area (TPSA) is 156 Å². The molecule has 10 atom stereocenters. The normalized spacial score (nSPS) is 27.8. The molecule has 0 bridgehead atoms. The smallest absolute Gasteiger partial charge is 0.416 e. The molecule has 17 heteroatoms. The summed E-state index contributed by atoms with van der Waals surface area (Å²) in [5.74, 6) is 1.46. The van der Waals surface area contributed by atoms with E-state index in [1.807, 2.05) is 97.0 Å². The lowest BCUT2D eigenvalue weighted by atomic mass is 9.90. The lowest BCUT2D eigenvalue weighted by Crippen LogP contribution is -2.51. The van der Waals surface area contributed by atoms with Crippen LogP contribution in [0.2, 0.25) is 0 Å². The van der Waals surface area contributed by atoms with E-state index in [1.54, 1.807) is 34.4 Å². The van der Waals surface area contributed by atoms with E-state index in [4.69, 9.17) is 47.9 Å². The standard InChI is InChI=1S/C23H32N2O5S.C22H30N2O6S/c1-8-17-14(2)19(28-13-15-9-11-16(27-7)12-10-15)18-20(29-17)31-21(24-18)25(6)22(26)30-23(3,4)5;1-13-16(11-25)29-19-17(18(13)28-12-14-7-9-15(27-6)10-8-14)23-20(31-19)24(5)21(26)30-22(2,3)4/h8-12,14,17-20H,1,13H2,2-7H3;7-11,13,16-19H,12H2,1-6H3/t14-,17-,18-,19+,20-;13-,16-,17-,18+,19-/m11/s1. The van der Waals surface area contributed by atoms with Gasteiger partial charge in [-0.3, -0.25) is 19.8 Å². The summed E-state index contributed by atoms with van der Waals surface area (Å²) in [6.07, 6.45) is 0.400. The molecule has 0 N–H and O–H groups in total. The highest BCUT2D eigenvalue weighted by Crippen LogP contribution is 2.42. The quantitative estimate of drug-likeness (QED) is 0.168. The van der Waals surface area contributed by atoms with E-state index in [2.05, 4.69) is 13.5 Å². The molecule has 15 nitrogen and oxygen atoms in total. The van der Waals surface area contributed by atoms with Gasteiger partial charge in [-0.05, 0) is 76.9 Å². The zero-order chi connectivity index (χ0) is 45.5. The van der Waals surface area contributed by atoms with Crippen molar-refractivity contribution in [3.8, 4) is 11.5 Å². The van der Waals surface area contributed by atoms with Crippen LogP contribution in [0.4, 0.5) is 9.59 Å². The summed E-state index contributed by atoms with van der Waals surface area (Å²) in [5, 5.41) is 1.06. The van der Waals surface area contributed by atoms with Crippen molar-refractivity contribution in [1.29, 1.82) is 0 Å². The maximum Gasteiger partial charge on any atom is 0.416 e. The van der Waals surface area contributed by atoms with Gasteiger partial charge in [0.2, 0.25) is 0 Å². The Balaban J connectivity index is 0.000000234. The van der Waals surface area contributed by atoms with Crippen LogP contribution in [-0.4, -0.2) is 125 Å². The second-order valence-electron chi connectivity index (χ2n) is 17.4. The third kappa shape index (κ3) is 12.5. The highest BCUT2D eigenvalue weighted by atomic mass is 32.2. The van der Waals surface area contributed by atoms with Gasteiger partial charge in [0.15, 0.2) is 10.3 Å². The number of hydrogen-bond acceptors (Lipinski definition) is 15. The number of aliphatic imine (C=N–C) groups is 2. The van der Waals surface area contributed by atoms with Crippen LogP contribution < -0.4 is 9.47 Å². The summed E-state index contributed by atoms with van der Waals surface area (Å²) in [6.45, 7) is 19.7. The summed E-state index contributed by atoms with van der Waals surface area (Å²) in [4.78, 5) is 48.9. The number of amides is 2. The number of amidine groups is 2. The van der Waals surface area contributed by atoms with Gasteiger partial charge in [-0.25, -0.2) is 9.59 Å². The van der Waals surface area contributed by atoms with E-state index in [0.29, 0.717) is 23.5 Å². The van der Waals surface area contributed by atoms with Gasteiger partial charge in [0, 0.05) is 25.9 Å². The lowest BCUT2D eigenvalue weighted by Gasteiger charge is -2.40. The molecule has 4 heterocycles. The third-order valence-electron chi connectivity index (χ3n) is 10.3. The molecule has 0 radical (unpaired) electrons. The van der Waals surface area contributed by atoms with Crippen LogP contribution in [0.1, 0.15) is 66.5 Å². The summed E-state index contributed by atoms with van der Waals surface area (Å²) in [6, 6.07) is 14.9. The van der Waals surface area contributed by atoms with Gasteiger partial charge in [0.05, 0.1) is 45.7 Å². The van der Waals surface area contributed by atoms with Gasteiger partial charge in [-0.1, -0.05) is 67.7 Å². The fraction of sp³-hybridized carbons (Fsp3) is 0.578. The van der Waals surface area contributed by atoms with Crippen LogP contribution in [0.3, 0.4) is 0 Å². The molecule has 2 amide bonds. The van der Waals surface area contributed by atoms with E-state index in [-0.39, 0.29) is 47.7 Å². The summed E-state index contributed by atoms with van der Waals surface area (Å²) < 4.78 is 46.0. The monoisotopic (exact) mass is 898 g/mol. The molecule has 0 unspecified atom stereocenters. The third-order valence-corrected chi connectivity index (χ3v) is 12.8. The average Bonchev–Trinajstić information content (AvgIpc) is 3.86. The minimum Gasteiger partial charge on any atom is -0.497 e. The molecule has 2 aromatic carbocycles. The average molecular weight is 899 g/mol. The van der Waals surface area contributed by atoms with Crippen LogP contribution in [0, 0.1) is 11.8 Å². The molecule has 340 valence electrons. The lowest BCUT2D eigenvalue weighted by molar-refractivity contribution is -0.150. The number of thioether (sulfide) groups is 2. The maximum atomic E-state index is 12.5. The van der Waals surface area contributed by atoms with Crippen LogP contribution in [0.25, 0.3) is 0 Å². The molecule has 0 aliphatic carbocycles. The minimum atomic E-state index is -0.612. The maximum absolute atomic E-state index is 12.5. The fourth-order valence-electron chi connectivity index (χ4n) is 6.92. The predicted molar refractivity (Wildman–Crippen MR) is 241 cm³/mol. The van der Waals surface area contributed by atoms with E-state index >= 15 is 0 Å². The molecule has 0 saturated carbocycles. The van der Waals surface area contributed by atoms with Crippen molar-refractivity contribution in [3.63, 3.8) is 0 Å². The fourth-order valence-corrected chi connectivity index (χ4v) is 9.24. The number of ether oxygens (including phenoxy) is 8. The number of aldehydes is 1. The van der Waals surface area contributed by atoms with Crippen molar-refractivity contribution < 1.29 is 52.3 Å². The zero-order valence-corrected chi connectivity index (χ0v) is 39.4. The Bertz CT molecular complexity index is 1780. The number of nitrogens with zero attached hydrogens (tertiary/aromatic N) is 4. The highest BCUT2D eigenvalue weighted by Gasteiger charge is 2.50. The minimum absolute atomic E-state index is 0.0625. The molecule has 0 aromatic heterocycles. The van der Waals surface area contributed by atoms with Gasteiger partial charge in [-0.15, -0.1) is 6.58 Å². The molecule has 2 fully saturated rings. The van der Waals surface area contributed by atoms with Crippen LogP contribution in [0.15, 0.2) is 71.2 Å². The van der Waals surface area contributed by atoms with E-state index < -0.39 is 34.9 Å². The van der Waals surface area contributed by atoms with Crippen molar-refractivity contribution in [2.75, 3.05) is 28.3 Å². The Kier molecular flexibility index (Phi) is 16.6. The predicted octanol–water partition coefficient (Wildman–Crippen LogP) is 7.94. The number of benzene rings is 2. The SMILES string of the molecule is C=C[C@H]1O[C@@H]2SC(N(C)C(=O)OC(C)(C)C)=N[C@@H]2[C@@H](OCc2ccc(OC)cc2)[C@@H]1C.COc1ccc(CO[C@H]2[C@H](C)[C@@H](C=O)O[C@@H]3SC(N(C)C(=O)OC(C)(C)C)=N[C@H]23)cc1. The van der Waals surface area contributed by atoms with Crippen LogP contribution in [-0.2, 0) is 46.4 Å². The molecular formula is C45H62N4O11S2. The first-order valence-corrected chi connectivity index (χ1v) is 22.3. The Morgan fingerprint density at radius 2 is 1.06 bits per heavy atom. The van der Waals surface area contributed by atoms with Crippen molar-refractivity contribution in [3.05, 3.63) is 72.3 Å². The van der Waals surface area contributed by atoms with E-state index in [1.165, 1.54) is 33.3 Å².